The van der Waals surface area contributed by atoms with E-state index in [1.807, 2.05) is 13.0 Å². The summed E-state index contributed by atoms with van der Waals surface area (Å²) in [5.74, 6) is 0.388. The Morgan fingerprint density at radius 3 is 2.88 bits per heavy atom. The first kappa shape index (κ1) is 10.8. The molecule has 0 aliphatic rings. The van der Waals surface area contributed by atoms with Crippen LogP contribution in [0.4, 0.5) is 10.6 Å². The summed E-state index contributed by atoms with van der Waals surface area (Å²) in [7, 11) is 1.79. The second-order valence-corrected chi connectivity index (χ2v) is 3.96. The number of hydrogen-bond donors (Lipinski definition) is 2. The summed E-state index contributed by atoms with van der Waals surface area (Å²) in [6.07, 6.45) is 0. The number of halogens is 1. The maximum absolute atomic E-state index is 10.8. The number of primary amides is 1. The van der Waals surface area contributed by atoms with E-state index in [0.29, 0.717) is 16.2 Å². The molecule has 1 aromatic carbocycles. The third-order valence-corrected chi connectivity index (χ3v) is 2.70. The Hall–Kier alpha value is -1.75. The number of nitrogens with two attached hydrogens (primary N) is 1. The van der Waals surface area contributed by atoms with Crippen LogP contribution in [0.2, 0.25) is 5.02 Å². The fourth-order valence-corrected chi connectivity index (χ4v) is 2.01. The Kier molecular flexibility index (Phi) is 2.47. The van der Waals surface area contributed by atoms with Gasteiger partial charge in [0.1, 0.15) is 0 Å². The summed E-state index contributed by atoms with van der Waals surface area (Å²) in [6.45, 7) is 1.95. The molecule has 0 saturated carbocycles. The Morgan fingerprint density at radius 1 is 1.56 bits per heavy atom. The number of rotatable bonds is 1. The lowest BCUT2D eigenvalue weighted by molar-refractivity contribution is 0.259. The molecule has 2 amide bonds. The minimum Gasteiger partial charge on any atom is -0.351 e. The van der Waals surface area contributed by atoms with Gasteiger partial charge in [-0.3, -0.25) is 10.00 Å². The minimum absolute atomic E-state index is 0.388. The van der Waals surface area contributed by atoms with E-state index in [1.54, 1.807) is 17.8 Å². The average molecular weight is 239 g/mol. The zero-order valence-electron chi connectivity index (χ0n) is 8.91. The zero-order chi connectivity index (χ0) is 11.9. The first-order valence-electron chi connectivity index (χ1n) is 4.69. The molecule has 0 atom stereocenters. The highest BCUT2D eigenvalue weighted by Gasteiger charge is 2.14. The number of urea groups is 1. The van der Waals surface area contributed by atoms with Gasteiger partial charge in [-0.05, 0) is 18.6 Å². The Bertz CT molecular complexity index is 576. The molecule has 3 N–H and O–H groups in total. The number of anilines is 1. The van der Waals surface area contributed by atoms with E-state index in [4.69, 9.17) is 17.3 Å². The van der Waals surface area contributed by atoms with Crippen LogP contribution in [0.25, 0.3) is 10.9 Å². The van der Waals surface area contributed by atoms with Gasteiger partial charge in [0, 0.05) is 7.05 Å². The molecule has 0 aliphatic heterocycles. The number of fused-ring (bicyclic) bond motifs is 1. The monoisotopic (exact) mass is 238 g/mol. The maximum Gasteiger partial charge on any atom is 0.317 e. The Labute approximate surface area is 97.2 Å². The van der Waals surface area contributed by atoms with Crippen molar-refractivity contribution in [1.82, 2.24) is 9.78 Å². The first-order valence-corrected chi connectivity index (χ1v) is 5.06. The Morgan fingerprint density at radius 2 is 2.25 bits per heavy atom. The number of nitrogens with one attached hydrogen (secondary N) is 1. The van der Waals surface area contributed by atoms with Gasteiger partial charge in [-0.25, -0.2) is 4.79 Å². The lowest BCUT2D eigenvalue weighted by Crippen LogP contribution is -2.19. The summed E-state index contributed by atoms with van der Waals surface area (Å²) in [6, 6.07) is 3.02. The quantitative estimate of drug-likeness (QED) is 0.798. The van der Waals surface area contributed by atoms with Crippen LogP contribution < -0.4 is 11.1 Å². The standard InChI is InChI=1S/C10H11ClN4O/c1-5-3-4-6(11)7-8(5)15(2)14-9(7)13-10(12)16/h3-4H,1-2H3,(H3,12,13,14,16). The van der Waals surface area contributed by atoms with Crippen molar-refractivity contribution in [2.75, 3.05) is 5.32 Å². The van der Waals surface area contributed by atoms with Crippen molar-refractivity contribution >= 4 is 34.4 Å². The molecular formula is C10H11ClN4O. The van der Waals surface area contributed by atoms with E-state index >= 15 is 0 Å². The van der Waals surface area contributed by atoms with Crippen LogP contribution in [0, 0.1) is 6.92 Å². The number of benzene rings is 1. The van der Waals surface area contributed by atoms with Crippen LogP contribution in [0.3, 0.4) is 0 Å². The van der Waals surface area contributed by atoms with Crippen LogP contribution in [0.1, 0.15) is 5.56 Å². The molecule has 2 aromatic rings. The van der Waals surface area contributed by atoms with Crippen molar-refractivity contribution in [2.45, 2.75) is 6.92 Å². The number of amides is 2. The molecule has 0 radical (unpaired) electrons. The molecule has 16 heavy (non-hydrogen) atoms. The third kappa shape index (κ3) is 1.59. The van der Waals surface area contributed by atoms with Crippen molar-refractivity contribution in [1.29, 1.82) is 0 Å². The van der Waals surface area contributed by atoms with E-state index in [0.717, 1.165) is 11.1 Å². The number of aromatic nitrogens is 2. The van der Waals surface area contributed by atoms with Gasteiger partial charge in [0.25, 0.3) is 0 Å². The average Bonchev–Trinajstić information content (AvgIpc) is 2.49. The number of carbonyl (C=O) groups excluding carboxylic acids is 1. The van der Waals surface area contributed by atoms with Gasteiger partial charge in [0.05, 0.1) is 15.9 Å². The van der Waals surface area contributed by atoms with Gasteiger partial charge in [-0.2, -0.15) is 5.10 Å². The van der Waals surface area contributed by atoms with Gasteiger partial charge in [-0.15, -0.1) is 0 Å². The topological polar surface area (TPSA) is 72.9 Å². The molecule has 0 unspecified atom stereocenters. The summed E-state index contributed by atoms with van der Waals surface area (Å²) in [5.41, 5.74) is 6.99. The zero-order valence-corrected chi connectivity index (χ0v) is 9.67. The lowest BCUT2D eigenvalue weighted by Gasteiger charge is -2.01. The minimum atomic E-state index is -0.655. The highest BCUT2D eigenvalue weighted by molar-refractivity contribution is 6.36. The van der Waals surface area contributed by atoms with Crippen molar-refractivity contribution < 1.29 is 4.79 Å². The second-order valence-electron chi connectivity index (χ2n) is 3.55. The molecule has 0 aliphatic carbocycles. The van der Waals surface area contributed by atoms with Gasteiger partial charge in [-0.1, -0.05) is 17.7 Å². The highest BCUT2D eigenvalue weighted by atomic mass is 35.5. The molecule has 5 nitrogen and oxygen atoms in total. The summed E-state index contributed by atoms with van der Waals surface area (Å²) in [4.78, 5) is 10.8. The van der Waals surface area contributed by atoms with Crippen LogP contribution >= 0.6 is 11.6 Å². The normalized spacial score (nSPS) is 10.7. The lowest BCUT2D eigenvalue weighted by atomic mass is 10.1. The largest absolute Gasteiger partial charge is 0.351 e. The molecule has 1 heterocycles. The van der Waals surface area contributed by atoms with Crippen molar-refractivity contribution in [3.63, 3.8) is 0 Å². The third-order valence-electron chi connectivity index (χ3n) is 2.38. The van der Waals surface area contributed by atoms with E-state index in [-0.39, 0.29) is 0 Å². The Balaban J connectivity index is 2.77. The fraction of sp³-hybridized carbons (Fsp3) is 0.200. The molecule has 1 aromatic heterocycles. The van der Waals surface area contributed by atoms with Crippen molar-refractivity contribution in [3.8, 4) is 0 Å². The fourth-order valence-electron chi connectivity index (χ4n) is 1.77. The smallest absolute Gasteiger partial charge is 0.317 e. The molecule has 6 heteroatoms. The van der Waals surface area contributed by atoms with E-state index < -0.39 is 6.03 Å². The summed E-state index contributed by atoms with van der Waals surface area (Å²) in [5, 5.41) is 7.88. The predicted octanol–water partition coefficient (Wildman–Crippen LogP) is 2.03. The summed E-state index contributed by atoms with van der Waals surface area (Å²) < 4.78 is 1.67. The van der Waals surface area contributed by atoms with Gasteiger partial charge >= 0.3 is 6.03 Å². The van der Waals surface area contributed by atoms with Crippen LogP contribution in [-0.4, -0.2) is 15.8 Å². The molecule has 0 bridgehead atoms. The van der Waals surface area contributed by atoms with Crippen LogP contribution in [-0.2, 0) is 7.05 Å². The SMILES string of the molecule is Cc1ccc(Cl)c2c(NC(N)=O)nn(C)c12. The molecule has 0 spiro atoms. The van der Waals surface area contributed by atoms with Crippen LogP contribution in [0.5, 0.6) is 0 Å². The van der Waals surface area contributed by atoms with E-state index in [2.05, 4.69) is 10.4 Å². The van der Waals surface area contributed by atoms with Gasteiger partial charge in [0.2, 0.25) is 0 Å². The number of nitrogens with zero attached hydrogens (tertiary/aromatic N) is 2. The maximum atomic E-state index is 10.8. The van der Waals surface area contributed by atoms with Gasteiger partial charge in [0.15, 0.2) is 5.82 Å². The molecule has 0 saturated heterocycles. The number of hydrogen-bond acceptors (Lipinski definition) is 2. The van der Waals surface area contributed by atoms with E-state index in [9.17, 15) is 4.79 Å². The number of carbonyl (C=O) groups is 1. The van der Waals surface area contributed by atoms with Gasteiger partial charge < -0.3 is 5.73 Å². The highest BCUT2D eigenvalue weighted by Crippen LogP contribution is 2.31. The van der Waals surface area contributed by atoms with Crippen LogP contribution in [0.15, 0.2) is 12.1 Å². The molecule has 84 valence electrons. The number of aryl methyl sites for hydroxylation is 2. The van der Waals surface area contributed by atoms with E-state index in [1.165, 1.54) is 0 Å². The van der Waals surface area contributed by atoms with Crippen molar-refractivity contribution in [2.24, 2.45) is 12.8 Å². The molecule has 0 fully saturated rings. The second kappa shape index (κ2) is 3.68. The molecule has 2 rings (SSSR count). The predicted molar refractivity (Wildman–Crippen MR) is 63.7 cm³/mol. The van der Waals surface area contributed by atoms with Crippen molar-refractivity contribution in [3.05, 3.63) is 22.7 Å². The summed E-state index contributed by atoms with van der Waals surface area (Å²) >= 11 is 6.09. The first-order chi connectivity index (χ1) is 7.50. The molecular weight excluding hydrogens is 228 g/mol.